The molecule has 0 saturated heterocycles. The van der Waals surface area contributed by atoms with Crippen LogP contribution in [-0.4, -0.2) is 72.4 Å². The number of aliphatic hydroxyl groups is 4. The minimum atomic E-state index is -0.475. The van der Waals surface area contributed by atoms with E-state index in [0.29, 0.717) is 11.1 Å². The zero-order chi connectivity index (χ0) is 35.0. The summed E-state index contributed by atoms with van der Waals surface area (Å²) in [6.45, 7) is 17.9. The number of carbonyl (C=O) groups is 2. The van der Waals surface area contributed by atoms with E-state index in [-0.39, 0.29) is 57.0 Å². The molecule has 9 heteroatoms. The first-order chi connectivity index (χ1) is 19.9. The van der Waals surface area contributed by atoms with Crippen LogP contribution in [0.3, 0.4) is 0 Å². The summed E-state index contributed by atoms with van der Waals surface area (Å²) in [5, 5.41) is 35.9. The van der Waals surface area contributed by atoms with Gasteiger partial charge in [0.15, 0.2) is 11.6 Å². The van der Waals surface area contributed by atoms with Gasteiger partial charge < -0.3 is 30.2 Å². The van der Waals surface area contributed by atoms with Crippen molar-refractivity contribution in [2.45, 2.75) is 81.4 Å². The van der Waals surface area contributed by atoms with Crippen LogP contribution in [0.2, 0.25) is 0 Å². The van der Waals surface area contributed by atoms with Gasteiger partial charge in [-0.3, -0.25) is 9.59 Å². The smallest absolute Gasteiger partial charge is 0.164 e. The van der Waals surface area contributed by atoms with Crippen molar-refractivity contribution in [2.24, 2.45) is 10.8 Å². The summed E-state index contributed by atoms with van der Waals surface area (Å²) in [6.07, 6.45) is 2.26. The number of aliphatic hydroxyl groups excluding tert-OH is 4. The molecule has 0 bridgehead atoms. The van der Waals surface area contributed by atoms with Crippen LogP contribution in [0.15, 0.2) is 60.7 Å². The van der Waals surface area contributed by atoms with Gasteiger partial charge in [0, 0.05) is 108 Å². The summed E-state index contributed by atoms with van der Waals surface area (Å²) >= 11 is 0. The van der Waals surface area contributed by atoms with E-state index in [0.717, 1.165) is 11.4 Å². The van der Waals surface area contributed by atoms with Crippen molar-refractivity contribution in [2.75, 3.05) is 38.0 Å². The van der Waals surface area contributed by atoms with Crippen molar-refractivity contribution < 1.29 is 51.7 Å². The number of rotatable bonds is 6. The molecule has 8 nitrogen and oxygen atoms in total. The number of benzene rings is 2. The van der Waals surface area contributed by atoms with Gasteiger partial charge in [-0.25, -0.2) is 0 Å². The Bertz CT molecular complexity index is 1090. The monoisotopic (exact) mass is 662 g/mol. The molecule has 0 amide bonds. The molecular formula is C36H58N2O6Ti. The third-order valence-corrected chi connectivity index (χ3v) is 5.37. The second-order valence-corrected chi connectivity index (χ2v) is 13.4. The zero-order valence-corrected chi connectivity index (χ0v) is 31.5. The second kappa shape index (κ2) is 21.8. The Morgan fingerprint density at radius 2 is 0.778 bits per heavy atom. The van der Waals surface area contributed by atoms with E-state index in [4.69, 9.17) is 10.2 Å². The fraction of sp³-hybridized carbons (Fsp3) is 0.500. The maximum atomic E-state index is 11.8. The largest absolute Gasteiger partial charge is 0.507 e. The molecule has 0 aliphatic carbocycles. The standard InChI is InChI=1S/2C15H21NO2.2C3H8O.Ti/c2*1-15(2,3)14(18)10-13(17)11-6-8-12(9-7-11)16(4)5;2*1-3(2)4;/h2*6-10,17H,1-5H3;2*3-4H,1-2H3;/b2*13-10-;;;. The molecule has 0 saturated carbocycles. The third-order valence-electron chi connectivity index (χ3n) is 5.37. The maximum Gasteiger partial charge on any atom is 0.164 e. The molecule has 0 aromatic heterocycles. The van der Waals surface area contributed by atoms with Gasteiger partial charge in [-0.05, 0) is 76.2 Å². The summed E-state index contributed by atoms with van der Waals surface area (Å²) in [5.41, 5.74) is 2.45. The topological polar surface area (TPSA) is 122 Å². The fourth-order valence-electron chi connectivity index (χ4n) is 2.71. The molecule has 2 rings (SSSR count). The first kappa shape index (κ1) is 46.5. The van der Waals surface area contributed by atoms with Crippen molar-refractivity contribution in [3.8, 4) is 0 Å². The van der Waals surface area contributed by atoms with Crippen molar-refractivity contribution in [1.82, 2.24) is 0 Å². The first-order valence-corrected chi connectivity index (χ1v) is 14.7. The second-order valence-electron chi connectivity index (χ2n) is 13.4. The average molecular weight is 663 g/mol. The van der Waals surface area contributed by atoms with Gasteiger partial charge in [-0.2, -0.15) is 0 Å². The Morgan fingerprint density at radius 1 is 0.578 bits per heavy atom. The fourth-order valence-corrected chi connectivity index (χ4v) is 2.71. The number of allylic oxidation sites excluding steroid dienone is 2. The van der Waals surface area contributed by atoms with Gasteiger partial charge in [-0.15, -0.1) is 0 Å². The normalized spacial score (nSPS) is 11.5. The number of ketones is 2. The van der Waals surface area contributed by atoms with Crippen LogP contribution >= 0.6 is 0 Å². The van der Waals surface area contributed by atoms with Gasteiger partial charge in [0.25, 0.3) is 0 Å². The predicted octanol–water partition coefficient (Wildman–Crippen LogP) is 7.31. The van der Waals surface area contributed by atoms with Crippen LogP contribution in [0.4, 0.5) is 11.4 Å². The molecule has 0 fully saturated rings. The molecule has 0 atom stereocenters. The van der Waals surface area contributed by atoms with Gasteiger partial charge in [0.1, 0.15) is 11.5 Å². The Labute approximate surface area is 287 Å². The summed E-state index contributed by atoms with van der Waals surface area (Å²) in [7, 11) is 7.81. The molecule has 0 spiro atoms. The summed E-state index contributed by atoms with van der Waals surface area (Å²) in [5.74, 6) is -0.145. The van der Waals surface area contributed by atoms with Crippen molar-refractivity contribution >= 4 is 34.5 Å². The van der Waals surface area contributed by atoms with Crippen LogP contribution < -0.4 is 9.80 Å². The number of anilines is 2. The van der Waals surface area contributed by atoms with E-state index >= 15 is 0 Å². The molecule has 45 heavy (non-hydrogen) atoms. The van der Waals surface area contributed by atoms with E-state index in [2.05, 4.69) is 0 Å². The van der Waals surface area contributed by atoms with Gasteiger partial charge in [0.05, 0.1) is 0 Å². The van der Waals surface area contributed by atoms with Crippen molar-refractivity contribution in [3.05, 3.63) is 71.8 Å². The number of nitrogens with zero attached hydrogens (tertiary/aromatic N) is 2. The molecule has 252 valence electrons. The van der Waals surface area contributed by atoms with Gasteiger partial charge in [-0.1, -0.05) is 41.5 Å². The van der Waals surface area contributed by atoms with E-state index < -0.39 is 10.8 Å². The van der Waals surface area contributed by atoms with Crippen LogP contribution in [0.5, 0.6) is 0 Å². The Morgan fingerprint density at radius 3 is 0.933 bits per heavy atom. The summed E-state index contributed by atoms with van der Waals surface area (Å²) in [4.78, 5) is 27.5. The average Bonchev–Trinajstić information content (AvgIpc) is 2.87. The van der Waals surface area contributed by atoms with E-state index in [1.54, 1.807) is 52.0 Å². The molecule has 0 aliphatic rings. The minimum absolute atomic E-state index is 0. The molecule has 2 aromatic rings. The van der Waals surface area contributed by atoms with Crippen molar-refractivity contribution in [1.29, 1.82) is 0 Å². The molecule has 4 N–H and O–H groups in total. The first-order valence-electron chi connectivity index (χ1n) is 14.7. The molecular weight excluding hydrogens is 604 g/mol. The number of carbonyl (C=O) groups excluding carboxylic acids is 2. The minimum Gasteiger partial charge on any atom is -0.507 e. The van der Waals surface area contributed by atoms with Crippen molar-refractivity contribution in [3.63, 3.8) is 0 Å². The molecule has 0 radical (unpaired) electrons. The molecule has 0 heterocycles. The maximum absolute atomic E-state index is 11.8. The van der Waals surface area contributed by atoms with Crippen LogP contribution in [0.25, 0.3) is 11.5 Å². The predicted molar refractivity (Wildman–Crippen MR) is 186 cm³/mol. The quantitative estimate of drug-likeness (QED) is 0.144. The van der Waals surface area contributed by atoms with Gasteiger partial charge >= 0.3 is 0 Å². The number of hydrogen-bond acceptors (Lipinski definition) is 8. The molecule has 0 unspecified atom stereocenters. The summed E-state index contributed by atoms with van der Waals surface area (Å²) < 4.78 is 0. The van der Waals surface area contributed by atoms with E-state index in [1.165, 1.54) is 12.2 Å². The van der Waals surface area contributed by atoms with E-state index in [9.17, 15) is 19.8 Å². The molecule has 2 aromatic carbocycles. The third kappa shape index (κ3) is 22.3. The van der Waals surface area contributed by atoms with Crippen LogP contribution in [0, 0.1) is 10.8 Å². The Balaban J connectivity index is -0.000000621. The number of hydrogen-bond donors (Lipinski definition) is 4. The van der Waals surface area contributed by atoms with Crippen LogP contribution in [0.1, 0.15) is 80.4 Å². The van der Waals surface area contributed by atoms with E-state index in [1.807, 2.05) is 104 Å². The molecule has 0 aliphatic heterocycles. The Hall–Kier alpha value is -2.91. The van der Waals surface area contributed by atoms with Gasteiger partial charge in [0.2, 0.25) is 0 Å². The zero-order valence-electron chi connectivity index (χ0n) is 29.9. The Kier molecular flexibility index (Phi) is 22.5. The van der Waals surface area contributed by atoms with Crippen LogP contribution in [-0.2, 0) is 31.3 Å². The SMILES string of the molecule is CC(C)O.CC(C)O.CN(C)c1ccc(/C(O)=C/C(=O)C(C)(C)C)cc1.CN(C)c1ccc(/C(O)=C/C(=O)C(C)(C)C)cc1.[Ti]. The summed E-state index contributed by atoms with van der Waals surface area (Å²) in [6, 6.07) is 14.8.